The third-order valence-corrected chi connectivity index (χ3v) is 2.98. The molecular formula is C10H14FN3O. The maximum Gasteiger partial charge on any atom is 0.218 e. The quantitative estimate of drug-likeness (QED) is 0.736. The summed E-state index contributed by atoms with van der Waals surface area (Å²) < 4.78 is 12.9. The number of rotatable bonds is 2. The van der Waals surface area contributed by atoms with Gasteiger partial charge >= 0.3 is 0 Å². The molecule has 0 aromatic carbocycles. The Kier molecular flexibility index (Phi) is 2.81. The molecule has 15 heavy (non-hydrogen) atoms. The lowest BCUT2D eigenvalue weighted by Gasteiger charge is -2.25. The molecule has 1 aromatic rings. The van der Waals surface area contributed by atoms with Crippen molar-refractivity contribution in [1.29, 1.82) is 0 Å². The summed E-state index contributed by atoms with van der Waals surface area (Å²) >= 11 is 0. The number of hydrogen-bond donors (Lipinski definition) is 1. The highest BCUT2D eigenvalue weighted by Crippen LogP contribution is 2.27. The maximum absolute atomic E-state index is 12.9. The van der Waals surface area contributed by atoms with Gasteiger partial charge in [-0.15, -0.1) is 0 Å². The van der Waals surface area contributed by atoms with Crippen LogP contribution in [0.1, 0.15) is 13.3 Å². The number of anilines is 1. The summed E-state index contributed by atoms with van der Waals surface area (Å²) in [6, 6.07) is 1.35. The van der Waals surface area contributed by atoms with Crippen molar-refractivity contribution in [2.24, 2.45) is 5.92 Å². The second-order valence-corrected chi connectivity index (χ2v) is 3.91. The molecule has 2 unspecified atom stereocenters. The van der Waals surface area contributed by atoms with Crippen molar-refractivity contribution in [3.63, 3.8) is 0 Å². The van der Waals surface area contributed by atoms with Crippen molar-refractivity contribution in [2.45, 2.75) is 19.4 Å². The van der Waals surface area contributed by atoms with E-state index in [1.807, 2.05) is 4.90 Å². The largest absolute Gasteiger partial charge is 0.394 e. The average Bonchev–Trinajstić information content (AvgIpc) is 2.59. The van der Waals surface area contributed by atoms with Crippen LogP contribution in [-0.2, 0) is 0 Å². The van der Waals surface area contributed by atoms with Gasteiger partial charge in [0.25, 0.3) is 0 Å². The molecule has 0 bridgehead atoms. The molecule has 1 fully saturated rings. The minimum Gasteiger partial charge on any atom is -0.394 e. The molecule has 2 atom stereocenters. The lowest BCUT2D eigenvalue weighted by Crippen LogP contribution is -2.35. The Bertz CT molecular complexity index is 347. The number of aliphatic hydroxyl groups excluding tert-OH is 1. The Morgan fingerprint density at radius 3 is 3.07 bits per heavy atom. The normalized spacial score (nSPS) is 25.9. The van der Waals surface area contributed by atoms with Gasteiger partial charge in [-0.25, -0.2) is 9.97 Å². The average molecular weight is 211 g/mol. The lowest BCUT2D eigenvalue weighted by atomic mass is 10.0. The van der Waals surface area contributed by atoms with Crippen LogP contribution in [0, 0.1) is 11.9 Å². The van der Waals surface area contributed by atoms with E-state index in [-0.39, 0.29) is 12.6 Å². The van der Waals surface area contributed by atoms with Crippen LogP contribution in [0.2, 0.25) is 0 Å². The third-order valence-electron chi connectivity index (χ3n) is 2.98. The van der Waals surface area contributed by atoms with E-state index in [0.29, 0.717) is 11.7 Å². The molecule has 0 aliphatic carbocycles. The Morgan fingerprint density at radius 2 is 2.40 bits per heavy atom. The molecule has 82 valence electrons. The SMILES string of the molecule is CC1CCN(c2cc(F)ncn2)C1CO. The van der Waals surface area contributed by atoms with Crippen LogP contribution in [0.3, 0.4) is 0 Å². The monoisotopic (exact) mass is 211 g/mol. The van der Waals surface area contributed by atoms with E-state index in [1.165, 1.54) is 12.4 Å². The van der Waals surface area contributed by atoms with Gasteiger partial charge in [0.2, 0.25) is 5.95 Å². The Morgan fingerprint density at radius 1 is 1.60 bits per heavy atom. The van der Waals surface area contributed by atoms with Crippen LogP contribution in [0.25, 0.3) is 0 Å². The van der Waals surface area contributed by atoms with Gasteiger partial charge in [-0.2, -0.15) is 4.39 Å². The minimum atomic E-state index is -0.531. The fraction of sp³-hybridized carbons (Fsp3) is 0.600. The topological polar surface area (TPSA) is 49.2 Å². The van der Waals surface area contributed by atoms with Crippen LogP contribution >= 0.6 is 0 Å². The highest BCUT2D eigenvalue weighted by molar-refractivity contribution is 5.40. The van der Waals surface area contributed by atoms with E-state index >= 15 is 0 Å². The summed E-state index contributed by atoms with van der Waals surface area (Å²) in [5.74, 6) is 0.440. The molecule has 1 saturated heterocycles. The van der Waals surface area contributed by atoms with Crippen molar-refractivity contribution in [1.82, 2.24) is 9.97 Å². The Hall–Kier alpha value is -1.23. The summed E-state index contributed by atoms with van der Waals surface area (Å²) in [6.07, 6.45) is 2.21. The molecule has 1 N–H and O–H groups in total. The number of halogens is 1. The molecular weight excluding hydrogens is 197 g/mol. The van der Waals surface area contributed by atoms with Gasteiger partial charge < -0.3 is 10.0 Å². The van der Waals surface area contributed by atoms with E-state index in [1.54, 1.807) is 0 Å². The van der Waals surface area contributed by atoms with Crippen molar-refractivity contribution in [3.05, 3.63) is 18.3 Å². The van der Waals surface area contributed by atoms with Crippen LogP contribution < -0.4 is 4.90 Å². The minimum absolute atomic E-state index is 0.0410. The molecule has 0 saturated carbocycles. The van der Waals surface area contributed by atoms with Gasteiger partial charge in [0.1, 0.15) is 12.1 Å². The number of aliphatic hydroxyl groups is 1. The van der Waals surface area contributed by atoms with E-state index in [4.69, 9.17) is 0 Å². The maximum atomic E-state index is 12.9. The molecule has 0 radical (unpaired) electrons. The zero-order valence-corrected chi connectivity index (χ0v) is 8.60. The zero-order valence-electron chi connectivity index (χ0n) is 8.60. The Labute approximate surface area is 87.8 Å². The standard InChI is InChI=1S/C10H14FN3O/c1-7-2-3-14(8(7)5-15)10-4-9(11)12-6-13-10/h4,6-8,15H,2-3,5H2,1H3. The fourth-order valence-corrected chi connectivity index (χ4v) is 2.05. The predicted octanol–water partition coefficient (Wildman–Crippen LogP) is 0.823. The summed E-state index contributed by atoms with van der Waals surface area (Å²) in [4.78, 5) is 9.37. The zero-order chi connectivity index (χ0) is 10.8. The van der Waals surface area contributed by atoms with Crippen LogP contribution in [0.15, 0.2) is 12.4 Å². The number of aromatic nitrogens is 2. The lowest BCUT2D eigenvalue weighted by molar-refractivity contribution is 0.244. The van der Waals surface area contributed by atoms with Gasteiger partial charge in [0.15, 0.2) is 0 Å². The van der Waals surface area contributed by atoms with Crippen molar-refractivity contribution in [2.75, 3.05) is 18.1 Å². The predicted molar refractivity (Wildman–Crippen MR) is 54.0 cm³/mol. The van der Waals surface area contributed by atoms with E-state index in [2.05, 4.69) is 16.9 Å². The van der Waals surface area contributed by atoms with Crippen LogP contribution in [-0.4, -0.2) is 34.3 Å². The van der Waals surface area contributed by atoms with E-state index < -0.39 is 5.95 Å². The van der Waals surface area contributed by atoms with Gasteiger partial charge in [-0.1, -0.05) is 6.92 Å². The molecule has 0 amide bonds. The highest BCUT2D eigenvalue weighted by Gasteiger charge is 2.31. The first-order valence-electron chi connectivity index (χ1n) is 5.07. The van der Waals surface area contributed by atoms with E-state index in [9.17, 15) is 9.50 Å². The van der Waals surface area contributed by atoms with Crippen LogP contribution in [0.4, 0.5) is 10.2 Å². The number of nitrogens with zero attached hydrogens (tertiary/aromatic N) is 3. The highest BCUT2D eigenvalue weighted by atomic mass is 19.1. The molecule has 2 heterocycles. The van der Waals surface area contributed by atoms with Crippen LogP contribution in [0.5, 0.6) is 0 Å². The molecule has 4 nitrogen and oxygen atoms in total. The fourth-order valence-electron chi connectivity index (χ4n) is 2.05. The second-order valence-electron chi connectivity index (χ2n) is 3.91. The molecule has 1 aliphatic heterocycles. The summed E-state index contributed by atoms with van der Waals surface area (Å²) in [6.45, 7) is 2.97. The van der Waals surface area contributed by atoms with Gasteiger partial charge in [-0.05, 0) is 12.3 Å². The first kappa shape index (κ1) is 10.3. The smallest absolute Gasteiger partial charge is 0.218 e. The molecule has 0 spiro atoms. The summed E-state index contributed by atoms with van der Waals surface area (Å²) in [7, 11) is 0. The van der Waals surface area contributed by atoms with Crippen molar-refractivity contribution >= 4 is 5.82 Å². The van der Waals surface area contributed by atoms with Gasteiger partial charge in [-0.3, -0.25) is 0 Å². The molecule has 1 aliphatic rings. The third kappa shape index (κ3) is 1.92. The Balaban J connectivity index is 2.23. The second kappa shape index (κ2) is 4.10. The van der Waals surface area contributed by atoms with Gasteiger partial charge in [0.05, 0.1) is 12.6 Å². The first-order valence-corrected chi connectivity index (χ1v) is 5.07. The molecule has 2 rings (SSSR count). The number of hydrogen-bond acceptors (Lipinski definition) is 4. The summed E-state index contributed by atoms with van der Waals surface area (Å²) in [5.41, 5.74) is 0. The van der Waals surface area contributed by atoms with E-state index in [0.717, 1.165) is 13.0 Å². The van der Waals surface area contributed by atoms with Crippen molar-refractivity contribution in [3.8, 4) is 0 Å². The first-order chi connectivity index (χ1) is 7.22. The molecule has 1 aromatic heterocycles. The van der Waals surface area contributed by atoms with Crippen molar-refractivity contribution < 1.29 is 9.50 Å². The van der Waals surface area contributed by atoms with Gasteiger partial charge in [0, 0.05) is 12.6 Å². The summed E-state index contributed by atoms with van der Waals surface area (Å²) in [5, 5.41) is 9.26. The molecule has 5 heteroatoms.